The number of hydrogen-bond acceptors (Lipinski definition) is 7. The number of rotatable bonds is 4. The van der Waals surface area contributed by atoms with E-state index in [9.17, 15) is 33.3 Å². The molecule has 1 aliphatic rings. The maximum absolute atomic E-state index is 13.4. The summed E-state index contributed by atoms with van der Waals surface area (Å²) in [5.74, 6) is -1.06. The highest BCUT2D eigenvalue weighted by Crippen LogP contribution is 2.34. The van der Waals surface area contributed by atoms with Gasteiger partial charge in [-0.1, -0.05) is 12.1 Å². The number of aliphatic hydroxyl groups is 4. The molecule has 0 aromatic heterocycles. The van der Waals surface area contributed by atoms with Gasteiger partial charge < -0.3 is 30.5 Å². The van der Waals surface area contributed by atoms with E-state index in [0.29, 0.717) is 17.2 Å². The summed E-state index contributed by atoms with van der Waals surface area (Å²) in [7, 11) is 0. The predicted octanol–water partition coefficient (Wildman–Crippen LogP) is 0.774. The van der Waals surface area contributed by atoms with Gasteiger partial charge in [-0.3, -0.25) is 4.79 Å². The smallest absolute Gasteiger partial charge is 0.394 e. The van der Waals surface area contributed by atoms with Crippen LogP contribution in [0.2, 0.25) is 0 Å². The van der Waals surface area contributed by atoms with Crippen LogP contribution < -0.4 is 5.32 Å². The van der Waals surface area contributed by atoms with Gasteiger partial charge >= 0.3 is 6.18 Å². The van der Waals surface area contributed by atoms with E-state index in [0.717, 1.165) is 6.07 Å². The number of carbonyl (C=O) groups excluding carboxylic acids is 1. The first-order valence-electron chi connectivity index (χ1n) is 9.39. The summed E-state index contributed by atoms with van der Waals surface area (Å²) >= 11 is 0. The zero-order valence-electron chi connectivity index (χ0n) is 16.3. The van der Waals surface area contributed by atoms with E-state index in [4.69, 9.17) is 15.1 Å². The van der Waals surface area contributed by atoms with Gasteiger partial charge in [-0.05, 0) is 41.5 Å². The molecule has 2 aromatic carbocycles. The van der Waals surface area contributed by atoms with Crippen LogP contribution >= 0.6 is 0 Å². The predicted molar refractivity (Wildman–Crippen MR) is 103 cm³/mol. The molecule has 8 nitrogen and oxygen atoms in total. The number of hydrogen-bond donors (Lipinski definition) is 5. The largest absolute Gasteiger partial charge is 0.416 e. The van der Waals surface area contributed by atoms with Crippen LogP contribution in [0, 0.1) is 11.3 Å². The SMILES string of the molecule is N#Cc1ccc(-c2cc(C(=O)N[C@H]3C(O)O[C@H](CO)[C@@H](O)[C@@H]3O)cc(C(F)(F)F)c2)cc1. The van der Waals surface area contributed by atoms with Crippen molar-refractivity contribution in [1.82, 2.24) is 5.32 Å². The topological polar surface area (TPSA) is 143 Å². The van der Waals surface area contributed by atoms with Crippen LogP contribution in [0.15, 0.2) is 42.5 Å². The maximum atomic E-state index is 13.4. The van der Waals surface area contributed by atoms with Crippen LogP contribution in [0.25, 0.3) is 11.1 Å². The average Bonchev–Trinajstić information content (AvgIpc) is 2.78. The first-order valence-corrected chi connectivity index (χ1v) is 9.39. The van der Waals surface area contributed by atoms with Crippen molar-refractivity contribution in [3.63, 3.8) is 0 Å². The van der Waals surface area contributed by atoms with Crippen molar-refractivity contribution in [3.05, 3.63) is 59.2 Å². The van der Waals surface area contributed by atoms with E-state index in [1.165, 1.54) is 30.3 Å². The minimum atomic E-state index is -4.77. The van der Waals surface area contributed by atoms with Crippen LogP contribution in [-0.2, 0) is 10.9 Å². The summed E-state index contributed by atoms with van der Waals surface area (Å²) in [6, 6.07) is 8.68. The first-order chi connectivity index (χ1) is 15.0. The molecule has 11 heteroatoms. The monoisotopic (exact) mass is 452 g/mol. The Labute approximate surface area is 180 Å². The molecule has 1 aliphatic heterocycles. The molecule has 5 N–H and O–H groups in total. The molecule has 0 bridgehead atoms. The maximum Gasteiger partial charge on any atom is 0.416 e. The Morgan fingerprint density at radius 1 is 1.06 bits per heavy atom. The Hall–Kier alpha value is -3.01. The van der Waals surface area contributed by atoms with Crippen molar-refractivity contribution in [2.45, 2.75) is 36.8 Å². The summed E-state index contributed by atoms with van der Waals surface area (Å²) in [6.07, 6.45) is -11.3. The number of amides is 1. The zero-order valence-corrected chi connectivity index (χ0v) is 16.3. The number of benzene rings is 2. The molecule has 1 fully saturated rings. The quantitative estimate of drug-likeness (QED) is 0.461. The van der Waals surface area contributed by atoms with Crippen molar-refractivity contribution in [1.29, 1.82) is 5.26 Å². The summed E-state index contributed by atoms with van der Waals surface area (Å²) in [5.41, 5.74) is -0.843. The van der Waals surface area contributed by atoms with Gasteiger partial charge in [0.2, 0.25) is 0 Å². The lowest BCUT2D eigenvalue weighted by Crippen LogP contribution is -2.64. The van der Waals surface area contributed by atoms with Gasteiger partial charge in [0.1, 0.15) is 24.4 Å². The van der Waals surface area contributed by atoms with E-state index < -0.39 is 60.5 Å². The fourth-order valence-corrected chi connectivity index (χ4v) is 3.31. The fraction of sp³-hybridized carbons (Fsp3) is 0.333. The third kappa shape index (κ3) is 4.90. The van der Waals surface area contributed by atoms with E-state index >= 15 is 0 Å². The first kappa shape index (κ1) is 23.6. The molecule has 2 aromatic rings. The molecule has 1 amide bonds. The number of halogens is 3. The number of alkyl halides is 3. The van der Waals surface area contributed by atoms with Crippen LogP contribution in [0.3, 0.4) is 0 Å². The summed E-state index contributed by atoms with van der Waals surface area (Å²) in [4.78, 5) is 12.7. The molecule has 1 heterocycles. The second kappa shape index (κ2) is 9.23. The Balaban J connectivity index is 1.94. The van der Waals surface area contributed by atoms with Crippen molar-refractivity contribution >= 4 is 5.91 Å². The van der Waals surface area contributed by atoms with E-state index in [-0.39, 0.29) is 5.56 Å². The van der Waals surface area contributed by atoms with E-state index in [1.54, 1.807) is 0 Å². The van der Waals surface area contributed by atoms with Gasteiger partial charge in [0.15, 0.2) is 6.29 Å². The summed E-state index contributed by atoms with van der Waals surface area (Å²) in [5, 5.41) is 50.2. The van der Waals surface area contributed by atoms with Crippen molar-refractivity contribution in [3.8, 4) is 17.2 Å². The summed E-state index contributed by atoms with van der Waals surface area (Å²) < 4.78 is 45.2. The molecule has 170 valence electrons. The van der Waals surface area contributed by atoms with Crippen molar-refractivity contribution < 1.29 is 43.1 Å². The summed E-state index contributed by atoms with van der Waals surface area (Å²) in [6.45, 7) is -0.711. The highest BCUT2D eigenvalue weighted by molar-refractivity contribution is 5.96. The number of aliphatic hydroxyl groups excluding tert-OH is 4. The molecule has 1 unspecified atom stereocenters. The minimum Gasteiger partial charge on any atom is -0.394 e. The fourth-order valence-electron chi connectivity index (χ4n) is 3.31. The Bertz CT molecular complexity index is 1020. The number of nitriles is 1. The molecule has 0 saturated carbocycles. The number of nitrogens with one attached hydrogen (secondary N) is 1. The highest BCUT2D eigenvalue weighted by Gasteiger charge is 2.44. The van der Waals surface area contributed by atoms with Crippen LogP contribution in [0.5, 0.6) is 0 Å². The van der Waals surface area contributed by atoms with Gasteiger partial charge in [0.25, 0.3) is 5.91 Å². The zero-order chi connectivity index (χ0) is 23.6. The molecule has 32 heavy (non-hydrogen) atoms. The number of carbonyl (C=O) groups is 1. The van der Waals surface area contributed by atoms with Gasteiger partial charge in [-0.25, -0.2) is 0 Å². The number of nitrogens with zero attached hydrogens (tertiary/aromatic N) is 1. The van der Waals surface area contributed by atoms with Crippen LogP contribution in [0.4, 0.5) is 13.2 Å². The lowest BCUT2D eigenvalue weighted by atomic mass is 9.95. The third-order valence-electron chi connectivity index (χ3n) is 5.07. The van der Waals surface area contributed by atoms with Crippen molar-refractivity contribution in [2.24, 2.45) is 0 Å². The Morgan fingerprint density at radius 2 is 1.72 bits per heavy atom. The standard InChI is InChI=1S/C21H19F3N2O6/c22-21(23,24)14-6-12(11-3-1-10(8-25)2-4-11)5-13(7-14)19(30)26-16-18(29)17(28)15(9-27)32-20(16)31/h1-7,15-18,20,27-29,31H,9H2,(H,26,30)/t15-,16-,17-,18-,20?/m1/s1. The van der Waals surface area contributed by atoms with E-state index in [1.807, 2.05) is 6.07 Å². The second-order valence-corrected chi connectivity index (χ2v) is 7.21. The third-order valence-corrected chi connectivity index (χ3v) is 5.07. The Kier molecular flexibility index (Phi) is 6.82. The minimum absolute atomic E-state index is 0.0517. The molecule has 0 spiro atoms. The van der Waals surface area contributed by atoms with Gasteiger partial charge in [0, 0.05) is 5.56 Å². The number of ether oxygens (including phenoxy) is 1. The van der Waals surface area contributed by atoms with Crippen molar-refractivity contribution in [2.75, 3.05) is 6.61 Å². The lowest BCUT2D eigenvalue weighted by molar-refractivity contribution is -0.252. The van der Waals surface area contributed by atoms with E-state index in [2.05, 4.69) is 5.32 Å². The van der Waals surface area contributed by atoms with Crippen LogP contribution in [0.1, 0.15) is 21.5 Å². The van der Waals surface area contributed by atoms with Gasteiger partial charge in [-0.2, -0.15) is 18.4 Å². The molecule has 0 radical (unpaired) electrons. The van der Waals surface area contributed by atoms with Gasteiger partial charge in [0.05, 0.1) is 23.8 Å². The Morgan fingerprint density at radius 3 is 2.28 bits per heavy atom. The molecule has 3 rings (SSSR count). The molecular formula is C21H19F3N2O6. The van der Waals surface area contributed by atoms with Gasteiger partial charge in [-0.15, -0.1) is 0 Å². The molecule has 1 saturated heterocycles. The normalized spacial score (nSPS) is 25.8. The van der Waals surface area contributed by atoms with Crippen LogP contribution in [-0.4, -0.2) is 63.6 Å². The molecule has 5 atom stereocenters. The molecular weight excluding hydrogens is 433 g/mol. The highest BCUT2D eigenvalue weighted by atomic mass is 19.4. The average molecular weight is 452 g/mol. The molecule has 0 aliphatic carbocycles. The second-order valence-electron chi connectivity index (χ2n) is 7.21. The lowest BCUT2D eigenvalue weighted by Gasteiger charge is -2.40.